The van der Waals surface area contributed by atoms with Gasteiger partial charge in [-0.3, -0.25) is 4.79 Å². The van der Waals surface area contributed by atoms with Crippen LogP contribution in [0.3, 0.4) is 0 Å². The molecule has 1 aromatic carbocycles. The minimum absolute atomic E-state index is 0.0447. The fraction of sp³-hybridized carbons (Fsp3) is 0.467. The van der Waals surface area contributed by atoms with Crippen molar-refractivity contribution in [3.63, 3.8) is 0 Å². The number of halogens is 1. The number of nitrogens with one attached hydrogen (secondary N) is 1. The zero-order valence-electron chi connectivity index (χ0n) is 12.5. The minimum atomic E-state index is -0.904. The van der Waals surface area contributed by atoms with Crippen LogP contribution in [-0.2, 0) is 11.3 Å². The van der Waals surface area contributed by atoms with Crippen molar-refractivity contribution in [2.24, 2.45) is 11.8 Å². The molecule has 1 rings (SSSR count). The van der Waals surface area contributed by atoms with E-state index >= 15 is 0 Å². The van der Waals surface area contributed by atoms with Crippen molar-refractivity contribution in [2.45, 2.75) is 20.4 Å². The molecule has 0 spiro atoms. The topological polar surface area (TPSA) is 69.6 Å². The van der Waals surface area contributed by atoms with Crippen molar-refractivity contribution >= 4 is 23.6 Å². The molecule has 21 heavy (non-hydrogen) atoms. The van der Waals surface area contributed by atoms with Crippen molar-refractivity contribution in [3.05, 3.63) is 34.9 Å². The van der Waals surface area contributed by atoms with E-state index in [-0.39, 0.29) is 18.5 Å². The van der Waals surface area contributed by atoms with Gasteiger partial charge in [0.25, 0.3) is 0 Å². The van der Waals surface area contributed by atoms with E-state index in [9.17, 15) is 9.59 Å². The molecule has 0 aromatic heterocycles. The predicted octanol–water partition coefficient (Wildman–Crippen LogP) is 2.84. The standard InChI is InChI=1S/C15H21ClN2O3/c1-10(2)12(14(19)20)8-17-15(21)18(3)9-11-6-4-5-7-13(11)16/h4-7,10,12H,8-9H2,1-3H3,(H,17,21)(H,19,20). The third kappa shape index (κ3) is 5.27. The summed E-state index contributed by atoms with van der Waals surface area (Å²) in [5.74, 6) is -1.54. The number of nitrogens with zero attached hydrogens (tertiary/aromatic N) is 1. The van der Waals surface area contributed by atoms with Crippen LogP contribution >= 0.6 is 11.6 Å². The van der Waals surface area contributed by atoms with Crippen molar-refractivity contribution < 1.29 is 14.7 Å². The number of carbonyl (C=O) groups excluding carboxylic acids is 1. The fourth-order valence-corrected chi connectivity index (χ4v) is 2.09. The maximum Gasteiger partial charge on any atom is 0.317 e. The zero-order valence-corrected chi connectivity index (χ0v) is 13.2. The highest BCUT2D eigenvalue weighted by Gasteiger charge is 2.22. The molecule has 0 heterocycles. The molecule has 6 heteroatoms. The average Bonchev–Trinajstić information content (AvgIpc) is 2.40. The number of hydrogen-bond donors (Lipinski definition) is 2. The number of hydrogen-bond acceptors (Lipinski definition) is 2. The molecule has 0 radical (unpaired) electrons. The number of carboxylic acid groups (broad SMARTS) is 1. The first-order valence-corrected chi connectivity index (χ1v) is 7.16. The van der Waals surface area contributed by atoms with Gasteiger partial charge in [-0.25, -0.2) is 4.79 Å². The predicted molar refractivity (Wildman–Crippen MR) is 82.3 cm³/mol. The highest BCUT2D eigenvalue weighted by Crippen LogP contribution is 2.16. The second-order valence-electron chi connectivity index (χ2n) is 5.32. The highest BCUT2D eigenvalue weighted by molar-refractivity contribution is 6.31. The smallest absolute Gasteiger partial charge is 0.317 e. The molecule has 1 unspecified atom stereocenters. The van der Waals surface area contributed by atoms with E-state index in [1.54, 1.807) is 13.1 Å². The monoisotopic (exact) mass is 312 g/mol. The first-order valence-electron chi connectivity index (χ1n) is 6.78. The third-order valence-corrected chi connectivity index (χ3v) is 3.68. The van der Waals surface area contributed by atoms with E-state index < -0.39 is 11.9 Å². The SMILES string of the molecule is CC(C)C(CNC(=O)N(C)Cc1ccccc1Cl)C(=O)O. The van der Waals surface area contributed by atoms with Gasteiger partial charge in [0.1, 0.15) is 0 Å². The molecule has 0 saturated heterocycles. The Kier molecular flexibility index (Phi) is 6.49. The van der Waals surface area contributed by atoms with Gasteiger partial charge in [0.15, 0.2) is 0 Å². The summed E-state index contributed by atoms with van der Waals surface area (Å²) in [6, 6.07) is 6.97. The molecule has 1 aromatic rings. The van der Waals surface area contributed by atoms with E-state index in [1.165, 1.54) is 4.90 Å². The largest absolute Gasteiger partial charge is 0.481 e. The number of aliphatic carboxylic acids is 1. The molecule has 0 saturated carbocycles. The maximum absolute atomic E-state index is 12.0. The summed E-state index contributed by atoms with van der Waals surface area (Å²) in [7, 11) is 1.64. The lowest BCUT2D eigenvalue weighted by Gasteiger charge is -2.21. The van der Waals surface area contributed by atoms with Crippen LogP contribution in [-0.4, -0.2) is 35.6 Å². The molecule has 1 atom stereocenters. The van der Waals surface area contributed by atoms with Gasteiger partial charge in [-0.2, -0.15) is 0 Å². The molecule has 5 nitrogen and oxygen atoms in total. The lowest BCUT2D eigenvalue weighted by molar-refractivity contribution is -0.142. The maximum atomic E-state index is 12.0. The minimum Gasteiger partial charge on any atom is -0.481 e. The van der Waals surface area contributed by atoms with Gasteiger partial charge in [0.2, 0.25) is 0 Å². The van der Waals surface area contributed by atoms with Gasteiger partial charge in [-0.15, -0.1) is 0 Å². The van der Waals surface area contributed by atoms with Crippen LogP contribution < -0.4 is 5.32 Å². The Labute approximate surface area is 129 Å². The second kappa shape index (κ2) is 7.88. The molecule has 0 aliphatic rings. The van der Waals surface area contributed by atoms with Crippen LogP contribution in [0.1, 0.15) is 19.4 Å². The summed E-state index contributed by atoms with van der Waals surface area (Å²) in [5.41, 5.74) is 0.843. The highest BCUT2D eigenvalue weighted by atomic mass is 35.5. The van der Waals surface area contributed by atoms with Crippen molar-refractivity contribution in [1.82, 2.24) is 10.2 Å². The third-order valence-electron chi connectivity index (χ3n) is 3.31. The van der Waals surface area contributed by atoms with Crippen molar-refractivity contribution in [3.8, 4) is 0 Å². The van der Waals surface area contributed by atoms with Crippen LogP contribution in [0.5, 0.6) is 0 Å². The lowest BCUT2D eigenvalue weighted by Crippen LogP contribution is -2.41. The average molecular weight is 313 g/mol. The number of rotatable bonds is 6. The van der Waals surface area contributed by atoms with Crippen LogP contribution in [0.25, 0.3) is 0 Å². The van der Waals surface area contributed by atoms with Gasteiger partial charge in [-0.05, 0) is 17.5 Å². The van der Waals surface area contributed by atoms with Gasteiger partial charge in [0, 0.05) is 25.2 Å². The number of amides is 2. The first-order chi connectivity index (χ1) is 9.82. The van der Waals surface area contributed by atoms with E-state index in [0.29, 0.717) is 11.6 Å². The van der Waals surface area contributed by atoms with Crippen molar-refractivity contribution in [1.29, 1.82) is 0 Å². The van der Waals surface area contributed by atoms with E-state index in [1.807, 2.05) is 32.0 Å². The molecular weight excluding hydrogens is 292 g/mol. The molecular formula is C15H21ClN2O3. The molecule has 116 valence electrons. The van der Waals surface area contributed by atoms with E-state index in [2.05, 4.69) is 5.32 Å². The Hall–Kier alpha value is -1.75. The first kappa shape index (κ1) is 17.3. The molecule has 2 amide bonds. The lowest BCUT2D eigenvalue weighted by atomic mass is 9.96. The number of benzene rings is 1. The summed E-state index contributed by atoms with van der Waals surface area (Å²) in [4.78, 5) is 24.5. The summed E-state index contributed by atoms with van der Waals surface area (Å²) >= 11 is 6.05. The summed E-state index contributed by atoms with van der Waals surface area (Å²) in [6.07, 6.45) is 0. The zero-order chi connectivity index (χ0) is 16.0. The van der Waals surface area contributed by atoms with Crippen molar-refractivity contribution in [2.75, 3.05) is 13.6 Å². The molecule has 0 aliphatic heterocycles. The fourth-order valence-electron chi connectivity index (χ4n) is 1.89. The molecule has 0 aliphatic carbocycles. The summed E-state index contributed by atoms with van der Waals surface area (Å²) in [6.45, 7) is 4.11. The number of carbonyl (C=O) groups is 2. The quantitative estimate of drug-likeness (QED) is 0.848. The Morgan fingerprint density at radius 2 is 1.95 bits per heavy atom. The summed E-state index contributed by atoms with van der Waals surface area (Å²) in [5, 5.41) is 12.3. The summed E-state index contributed by atoms with van der Waals surface area (Å²) < 4.78 is 0. The van der Waals surface area contributed by atoms with E-state index in [0.717, 1.165) is 5.56 Å². The Bertz CT molecular complexity index is 505. The Balaban J connectivity index is 2.55. The molecule has 2 N–H and O–H groups in total. The van der Waals surface area contributed by atoms with Gasteiger partial charge < -0.3 is 15.3 Å². The van der Waals surface area contributed by atoms with Gasteiger partial charge >= 0.3 is 12.0 Å². The normalized spacial score (nSPS) is 12.0. The van der Waals surface area contributed by atoms with Gasteiger partial charge in [-0.1, -0.05) is 43.6 Å². The number of carboxylic acids is 1. The van der Waals surface area contributed by atoms with E-state index in [4.69, 9.17) is 16.7 Å². The van der Waals surface area contributed by atoms with Gasteiger partial charge in [0.05, 0.1) is 5.92 Å². The Morgan fingerprint density at radius 3 is 2.48 bits per heavy atom. The molecule has 0 fully saturated rings. The van der Waals surface area contributed by atoms with Crippen LogP contribution in [0.4, 0.5) is 4.79 Å². The Morgan fingerprint density at radius 1 is 1.33 bits per heavy atom. The second-order valence-corrected chi connectivity index (χ2v) is 5.73. The van der Waals surface area contributed by atoms with Crippen LogP contribution in [0.15, 0.2) is 24.3 Å². The number of urea groups is 1. The van der Waals surface area contributed by atoms with Crippen LogP contribution in [0.2, 0.25) is 5.02 Å². The molecule has 0 bridgehead atoms. The van der Waals surface area contributed by atoms with Crippen LogP contribution in [0, 0.1) is 11.8 Å².